The van der Waals surface area contributed by atoms with Gasteiger partial charge in [0.25, 0.3) is 5.91 Å². The molecule has 1 fully saturated rings. The summed E-state index contributed by atoms with van der Waals surface area (Å²) in [6.07, 6.45) is 3.87. The lowest BCUT2D eigenvalue weighted by molar-refractivity contribution is 0.0793. The fraction of sp³-hybridized carbons (Fsp3) is 0.318. The molecule has 3 amide bonds. The summed E-state index contributed by atoms with van der Waals surface area (Å²) in [5.41, 5.74) is 4.00. The standard InChI is InChI=1S/C22H24ClN5O2/c1-15-4-6-17(23)13-18(15)26-22(30)24-8-11-28-14-25-19-12-16(5-7-20(19)28)21(29)27-9-2-3-10-27/h4-7,12-14H,2-3,8-11H2,1H3,(H2,24,26,30). The van der Waals surface area contributed by atoms with Crippen LogP contribution in [0.4, 0.5) is 10.5 Å². The van der Waals surface area contributed by atoms with E-state index in [0.29, 0.717) is 29.4 Å². The van der Waals surface area contributed by atoms with Gasteiger partial charge in [0, 0.05) is 42.5 Å². The molecule has 156 valence electrons. The number of aryl methyl sites for hydroxylation is 1. The molecule has 0 spiro atoms. The number of hydrogen-bond acceptors (Lipinski definition) is 3. The van der Waals surface area contributed by atoms with Crippen LogP contribution < -0.4 is 10.6 Å². The summed E-state index contributed by atoms with van der Waals surface area (Å²) in [6.45, 7) is 4.57. The number of benzene rings is 2. The van der Waals surface area contributed by atoms with Crippen molar-refractivity contribution in [3.8, 4) is 0 Å². The van der Waals surface area contributed by atoms with E-state index in [-0.39, 0.29) is 11.9 Å². The van der Waals surface area contributed by atoms with Crippen LogP contribution in [-0.2, 0) is 6.54 Å². The second-order valence-corrected chi connectivity index (χ2v) is 7.92. The summed E-state index contributed by atoms with van der Waals surface area (Å²) in [5.74, 6) is 0.0681. The Kier molecular flexibility index (Phi) is 5.90. The van der Waals surface area contributed by atoms with E-state index < -0.39 is 0 Å². The monoisotopic (exact) mass is 425 g/mol. The zero-order valence-corrected chi connectivity index (χ0v) is 17.6. The largest absolute Gasteiger partial charge is 0.339 e. The predicted molar refractivity (Wildman–Crippen MR) is 118 cm³/mol. The molecule has 1 aromatic heterocycles. The molecule has 0 unspecified atom stereocenters. The third kappa shape index (κ3) is 4.41. The van der Waals surface area contributed by atoms with E-state index in [1.807, 2.05) is 40.7 Å². The summed E-state index contributed by atoms with van der Waals surface area (Å²) in [5, 5.41) is 6.23. The van der Waals surface area contributed by atoms with Crippen LogP contribution in [0.2, 0.25) is 5.02 Å². The molecule has 0 aliphatic carbocycles. The second-order valence-electron chi connectivity index (χ2n) is 7.48. The van der Waals surface area contributed by atoms with E-state index in [4.69, 9.17) is 11.6 Å². The Labute approximate surface area is 180 Å². The van der Waals surface area contributed by atoms with Crippen molar-refractivity contribution in [1.29, 1.82) is 0 Å². The van der Waals surface area contributed by atoms with Crippen molar-refractivity contribution in [2.45, 2.75) is 26.3 Å². The van der Waals surface area contributed by atoms with Gasteiger partial charge in [0.05, 0.1) is 17.4 Å². The van der Waals surface area contributed by atoms with Crippen LogP contribution in [0.15, 0.2) is 42.7 Å². The smallest absolute Gasteiger partial charge is 0.319 e. The lowest BCUT2D eigenvalue weighted by Crippen LogP contribution is -2.31. The lowest BCUT2D eigenvalue weighted by atomic mass is 10.1. The Morgan fingerprint density at radius 1 is 1.13 bits per heavy atom. The average Bonchev–Trinajstić information content (AvgIpc) is 3.40. The first kappa shape index (κ1) is 20.2. The van der Waals surface area contributed by atoms with Gasteiger partial charge in [0.15, 0.2) is 0 Å². The SMILES string of the molecule is Cc1ccc(Cl)cc1NC(=O)NCCn1cnc2cc(C(=O)N3CCCC3)ccc21. The van der Waals surface area contributed by atoms with Crippen LogP contribution in [0.5, 0.6) is 0 Å². The number of carbonyl (C=O) groups excluding carboxylic acids is 2. The topological polar surface area (TPSA) is 79.3 Å². The molecular weight excluding hydrogens is 402 g/mol. The van der Waals surface area contributed by atoms with Crippen LogP contribution in [0, 0.1) is 6.92 Å². The van der Waals surface area contributed by atoms with Crippen molar-refractivity contribution in [3.05, 3.63) is 58.9 Å². The number of likely N-dealkylation sites (tertiary alicyclic amines) is 1. The fourth-order valence-corrected chi connectivity index (χ4v) is 3.84. The van der Waals surface area contributed by atoms with Crippen molar-refractivity contribution < 1.29 is 9.59 Å². The van der Waals surface area contributed by atoms with Gasteiger partial charge in [-0.2, -0.15) is 0 Å². The van der Waals surface area contributed by atoms with E-state index in [9.17, 15) is 9.59 Å². The number of fused-ring (bicyclic) bond motifs is 1. The third-order valence-electron chi connectivity index (χ3n) is 5.35. The summed E-state index contributed by atoms with van der Waals surface area (Å²) in [7, 11) is 0. The maximum atomic E-state index is 12.6. The molecular formula is C22H24ClN5O2. The Morgan fingerprint density at radius 2 is 1.93 bits per heavy atom. The normalized spacial score (nSPS) is 13.6. The minimum atomic E-state index is -0.289. The highest BCUT2D eigenvalue weighted by Crippen LogP contribution is 2.20. The van der Waals surface area contributed by atoms with Gasteiger partial charge in [0.1, 0.15) is 0 Å². The van der Waals surface area contributed by atoms with Crippen molar-refractivity contribution in [1.82, 2.24) is 19.8 Å². The summed E-state index contributed by atoms with van der Waals surface area (Å²) < 4.78 is 1.96. The Hall–Kier alpha value is -3.06. The number of carbonyl (C=O) groups is 2. The Morgan fingerprint density at radius 3 is 2.73 bits per heavy atom. The van der Waals surface area contributed by atoms with Crippen LogP contribution in [-0.4, -0.2) is 46.0 Å². The first-order valence-electron chi connectivity index (χ1n) is 10.1. The van der Waals surface area contributed by atoms with Gasteiger partial charge in [-0.15, -0.1) is 0 Å². The molecule has 4 rings (SSSR count). The maximum absolute atomic E-state index is 12.6. The van der Waals surface area contributed by atoms with Gasteiger partial charge in [-0.05, 0) is 55.7 Å². The van der Waals surface area contributed by atoms with Crippen molar-refractivity contribution in [3.63, 3.8) is 0 Å². The average molecular weight is 426 g/mol. The molecule has 0 radical (unpaired) electrons. The fourth-order valence-electron chi connectivity index (χ4n) is 3.66. The highest BCUT2D eigenvalue weighted by molar-refractivity contribution is 6.31. The molecule has 0 atom stereocenters. The minimum absolute atomic E-state index is 0.0681. The van der Waals surface area contributed by atoms with E-state index in [2.05, 4.69) is 15.6 Å². The molecule has 1 aliphatic heterocycles. The summed E-state index contributed by atoms with van der Waals surface area (Å²) in [6, 6.07) is 10.7. The zero-order chi connectivity index (χ0) is 21.1. The molecule has 2 N–H and O–H groups in total. The third-order valence-corrected chi connectivity index (χ3v) is 5.58. The maximum Gasteiger partial charge on any atom is 0.319 e. The Bertz CT molecular complexity index is 1090. The number of halogens is 1. The van der Waals surface area contributed by atoms with Crippen LogP contribution in [0.3, 0.4) is 0 Å². The van der Waals surface area contributed by atoms with Gasteiger partial charge < -0.3 is 20.1 Å². The lowest BCUT2D eigenvalue weighted by Gasteiger charge is -2.15. The van der Waals surface area contributed by atoms with Crippen molar-refractivity contribution >= 4 is 40.3 Å². The zero-order valence-electron chi connectivity index (χ0n) is 16.8. The number of urea groups is 1. The van der Waals surface area contributed by atoms with Gasteiger partial charge in [-0.1, -0.05) is 17.7 Å². The number of aromatic nitrogens is 2. The number of amides is 3. The molecule has 8 heteroatoms. The highest BCUT2D eigenvalue weighted by atomic mass is 35.5. The minimum Gasteiger partial charge on any atom is -0.339 e. The molecule has 2 heterocycles. The highest BCUT2D eigenvalue weighted by Gasteiger charge is 2.20. The van der Waals surface area contributed by atoms with E-state index in [1.54, 1.807) is 18.5 Å². The molecule has 0 saturated carbocycles. The van der Waals surface area contributed by atoms with E-state index in [0.717, 1.165) is 42.5 Å². The van der Waals surface area contributed by atoms with Gasteiger partial charge in [-0.3, -0.25) is 4.79 Å². The number of nitrogens with zero attached hydrogens (tertiary/aromatic N) is 3. The number of imidazole rings is 1. The molecule has 1 saturated heterocycles. The molecule has 2 aromatic carbocycles. The van der Waals surface area contributed by atoms with Crippen LogP contribution in [0.1, 0.15) is 28.8 Å². The van der Waals surface area contributed by atoms with E-state index >= 15 is 0 Å². The predicted octanol–water partition coefficient (Wildman–Crippen LogP) is 4.06. The van der Waals surface area contributed by atoms with Crippen molar-refractivity contribution in [2.75, 3.05) is 25.0 Å². The Balaban J connectivity index is 1.35. The van der Waals surface area contributed by atoms with E-state index in [1.165, 1.54) is 0 Å². The second kappa shape index (κ2) is 8.75. The number of nitrogens with one attached hydrogen (secondary N) is 2. The van der Waals surface area contributed by atoms with Crippen LogP contribution in [0.25, 0.3) is 11.0 Å². The van der Waals surface area contributed by atoms with Crippen LogP contribution >= 0.6 is 11.6 Å². The first-order valence-corrected chi connectivity index (χ1v) is 10.4. The first-order chi connectivity index (χ1) is 14.5. The number of hydrogen-bond donors (Lipinski definition) is 2. The van der Waals surface area contributed by atoms with Crippen molar-refractivity contribution in [2.24, 2.45) is 0 Å². The summed E-state index contributed by atoms with van der Waals surface area (Å²) in [4.78, 5) is 31.1. The molecule has 3 aromatic rings. The van der Waals surface area contributed by atoms with Gasteiger partial charge in [0.2, 0.25) is 0 Å². The van der Waals surface area contributed by atoms with Gasteiger partial charge >= 0.3 is 6.03 Å². The molecule has 0 bridgehead atoms. The van der Waals surface area contributed by atoms with Gasteiger partial charge in [-0.25, -0.2) is 9.78 Å². The molecule has 7 nitrogen and oxygen atoms in total. The number of rotatable bonds is 5. The molecule has 1 aliphatic rings. The number of anilines is 1. The molecule has 30 heavy (non-hydrogen) atoms. The quantitative estimate of drug-likeness (QED) is 0.647. The summed E-state index contributed by atoms with van der Waals surface area (Å²) >= 11 is 5.99.